The van der Waals surface area contributed by atoms with Crippen LogP contribution in [0.5, 0.6) is 11.5 Å². The lowest BCUT2D eigenvalue weighted by Crippen LogP contribution is -2.01. The van der Waals surface area contributed by atoms with Crippen LogP contribution in [0.4, 0.5) is 0 Å². The molecule has 1 aliphatic rings. The Morgan fingerprint density at radius 3 is 2.62 bits per heavy atom. The summed E-state index contributed by atoms with van der Waals surface area (Å²) < 4.78 is 11.2. The first-order chi connectivity index (χ1) is 10.1. The highest BCUT2D eigenvalue weighted by Crippen LogP contribution is 2.40. The van der Waals surface area contributed by atoms with E-state index in [-0.39, 0.29) is 0 Å². The van der Waals surface area contributed by atoms with Gasteiger partial charge in [0.05, 0.1) is 18.2 Å². The van der Waals surface area contributed by atoms with Gasteiger partial charge in [0.25, 0.3) is 0 Å². The maximum Gasteiger partial charge on any atom is 0.179 e. The highest BCUT2D eigenvalue weighted by atomic mass is 35.5. The first-order valence-corrected chi connectivity index (χ1v) is 7.43. The highest BCUT2D eigenvalue weighted by molar-refractivity contribution is 6.32. The number of hydrogen-bond acceptors (Lipinski definition) is 3. The van der Waals surface area contributed by atoms with Crippen LogP contribution in [0.2, 0.25) is 10.0 Å². The lowest BCUT2D eigenvalue weighted by molar-refractivity contribution is 0.219. The van der Waals surface area contributed by atoms with Crippen LogP contribution in [0.3, 0.4) is 0 Å². The molecule has 1 N–H and O–H groups in total. The minimum absolute atomic E-state index is 0.436. The van der Waals surface area contributed by atoms with Crippen LogP contribution >= 0.6 is 23.2 Å². The van der Waals surface area contributed by atoms with Crippen molar-refractivity contribution >= 4 is 23.2 Å². The number of aliphatic hydroxyl groups is 1. The zero-order chi connectivity index (χ0) is 14.8. The molecule has 0 aromatic heterocycles. The van der Waals surface area contributed by atoms with Crippen molar-refractivity contribution in [2.24, 2.45) is 0 Å². The van der Waals surface area contributed by atoms with E-state index in [9.17, 15) is 5.11 Å². The Bertz CT molecular complexity index is 658. The average molecular weight is 325 g/mol. The summed E-state index contributed by atoms with van der Waals surface area (Å²) in [5.74, 6) is 1.10. The molecule has 2 aromatic carbocycles. The van der Waals surface area contributed by atoms with Gasteiger partial charge in [-0.05, 0) is 35.4 Å². The number of ether oxygens (including phenoxy) is 2. The largest absolute Gasteiger partial charge is 0.489 e. The zero-order valence-electron chi connectivity index (χ0n) is 11.2. The Morgan fingerprint density at radius 1 is 1.00 bits per heavy atom. The quantitative estimate of drug-likeness (QED) is 0.898. The first-order valence-electron chi connectivity index (χ1n) is 6.68. The number of benzene rings is 2. The lowest BCUT2D eigenvalue weighted by atomic mass is 10.0. The minimum Gasteiger partial charge on any atom is -0.489 e. The fourth-order valence-electron chi connectivity index (χ4n) is 2.28. The van der Waals surface area contributed by atoms with Gasteiger partial charge >= 0.3 is 0 Å². The van der Waals surface area contributed by atoms with E-state index in [0.717, 1.165) is 6.42 Å². The minimum atomic E-state index is -0.821. The third kappa shape index (κ3) is 3.10. The molecule has 0 saturated heterocycles. The van der Waals surface area contributed by atoms with Gasteiger partial charge in [-0.2, -0.15) is 0 Å². The zero-order valence-corrected chi connectivity index (χ0v) is 12.7. The van der Waals surface area contributed by atoms with Crippen LogP contribution < -0.4 is 9.47 Å². The number of rotatable bonds is 2. The lowest BCUT2D eigenvalue weighted by Gasteiger charge is -2.16. The molecule has 0 amide bonds. The Balaban J connectivity index is 1.99. The van der Waals surface area contributed by atoms with Crippen LogP contribution in [0.1, 0.15) is 23.7 Å². The van der Waals surface area contributed by atoms with E-state index in [2.05, 4.69) is 0 Å². The van der Waals surface area contributed by atoms with Gasteiger partial charge in [0, 0.05) is 11.4 Å². The fourth-order valence-corrected chi connectivity index (χ4v) is 2.75. The topological polar surface area (TPSA) is 38.7 Å². The van der Waals surface area contributed by atoms with Gasteiger partial charge in [-0.1, -0.05) is 35.3 Å². The third-order valence-corrected chi connectivity index (χ3v) is 3.82. The molecule has 1 aliphatic heterocycles. The summed E-state index contributed by atoms with van der Waals surface area (Å²) in [7, 11) is 0. The SMILES string of the molecule is OC(c1cccc(Cl)c1)c1cc(Cl)c2c(c1)OCCCO2. The summed E-state index contributed by atoms with van der Waals surface area (Å²) in [5, 5.41) is 11.5. The normalized spacial score (nSPS) is 15.4. The van der Waals surface area contributed by atoms with Crippen LogP contribution in [-0.4, -0.2) is 18.3 Å². The van der Waals surface area contributed by atoms with Crippen molar-refractivity contribution in [3.63, 3.8) is 0 Å². The second-order valence-corrected chi connectivity index (χ2v) is 5.68. The van der Waals surface area contributed by atoms with Crippen LogP contribution in [0.15, 0.2) is 36.4 Å². The summed E-state index contributed by atoms with van der Waals surface area (Å²) in [6, 6.07) is 10.6. The monoisotopic (exact) mass is 324 g/mol. The van der Waals surface area contributed by atoms with E-state index >= 15 is 0 Å². The van der Waals surface area contributed by atoms with Crippen molar-refractivity contribution in [1.82, 2.24) is 0 Å². The molecule has 0 fully saturated rings. The van der Waals surface area contributed by atoms with Gasteiger partial charge in [0.2, 0.25) is 0 Å². The van der Waals surface area contributed by atoms with E-state index in [4.69, 9.17) is 32.7 Å². The van der Waals surface area contributed by atoms with E-state index in [1.807, 2.05) is 6.07 Å². The predicted octanol–water partition coefficient (Wildman–Crippen LogP) is 4.24. The Hall–Kier alpha value is -1.42. The van der Waals surface area contributed by atoms with E-state index in [1.54, 1.807) is 30.3 Å². The number of fused-ring (bicyclic) bond motifs is 1. The number of halogens is 2. The summed E-state index contributed by atoms with van der Waals surface area (Å²) in [5.41, 5.74) is 1.35. The van der Waals surface area contributed by atoms with E-state index in [1.165, 1.54) is 0 Å². The van der Waals surface area contributed by atoms with Crippen molar-refractivity contribution < 1.29 is 14.6 Å². The molecule has 1 atom stereocenters. The summed E-state index contributed by atoms with van der Waals surface area (Å²) in [6.45, 7) is 1.14. The second-order valence-electron chi connectivity index (χ2n) is 4.84. The fraction of sp³-hybridized carbons (Fsp3) is 0.250. The molecular weight excluding hydrogens is 311 g/mol. The van der Waals surface area contributed by atoms with Gasteiger partial charge in [0.15, 0.2) is 11.5 Å². The Labute approximate surface area is 133 Å². The predicted molar refractivity (Wildman–Crippen MR) is 82.6 cm³/mol. The molecule has 0 aliphatic carbocycles. The Morgan fingerprint density at radius 2 is 1.81 bits per heavy atom. The van der Waals surface area contributed by atoms with Gasteiger partial charge in [-0.3, -0.25) is 0 Å². The molecule has 0 saturated carbocycles. The van der Waals surface area contributed by atoms with Crippen LogP contribution in [0.25, 0.3) is 0 Å². The molecule has 1 unspecified atom stereocenters. The maximum absolute atomic E-state index is 10.5. The maximum atomic E-state index is 10.5. The van der Waals surface area contributed by atoms with Crippen LogP contribution in [0, 0.1) is 0 Å². The molecular formula is C16H14Cl2O3. The van der Waals surface area contributed by atoms with Gasteiger partial charge < -0.3 is 14.6 Å². The van der Waals surface area contributed by atoms with Crippen molar-refractivity contribution in [2.75, 3.05) is 13.2 Å². The number of aliphatic hydroxyl groups excluding tert-OH is 1. The summed E-state index contributed by atoms with van der Waals surface area (Å²) in [6.07, 6.45) is -0.0182. The van der Waals surface area contributed by atoms with Crippen molar-refractivity contribution in [3.8, 4) is 11.5 Å². The van der Waals surface area contributed by atoms with Crippen molar-refractivity contribution in [1.29, 1.82) is 0 Å². The molecule has 3 rings (SSSR count). The van der Waals surface area contributed by atoms with Crippen molar-refractivity contribution in [2.45, 2.75) is 12.5 Å². The van der Waals surface area contributed by atoms with Gasteiger partial charge in [-0.15, -0.1) is 0 Å². The highest BCUT2D eigenvalue weighted by Gasteiger charge is 2.19. The average Bonchev–Trinajstić information content (AvgIpc) is 2.72. The van der Waals surface area contributed by atoms with Gasteiger partial charge in [-0.25, -0.2) is 0 Å². The molecule has 5 heteroatoms. The molecule has 2 aromatic rings. The van der Waals surface area contributed by atoms with E-state index < -0.39 is 6.10 Å². The van der Waals surface area contributed by atoms with E-state index in [0.29, 0.717) is 45.9 Å². The molecule has 0 radical (unpaired) electrons. The summed E-state index contributed by atoms with van der Waals surface area (Å²) >= 11 is 12.2. The standard InChI is InChI=1S/C16H14Cl2O3/c17-12-4-1-3-10(7-12)15(19)11-8-13(18)16-14(9-11)20-5-2-6-21-16/h1,3-4,7-9,15,19H,2,5-6H2. The van der Waals surface area contributed by atoms with Crippen LogP contribution in [-0.2, 0) is 0 Å². The first kappa shape index (κ1) is 14.5. The van der Waals surface area contributed by atoms with Gasteiger partial charge in [0.1, 0.15) is 6.10 Å². The molecule has 0 spiro atoms. The second kappa shape index (κ2) is 6.14. The molecule has 3 nitrogen and oxygen atoms in total. The molecule has 0 bridgehead atoms. The third-order valence-electron chi connectivity index (χ3n) is 3.30. The molecule has 1 heterocycles. The smallest absolute Gasteiger partial charge is 0.179 e. The Kier molecular flexibility index (Phi) is 4.24. The summed E-state index contributed by atoms with van der Waals surface area (Å²) in [4.78, 5) is 0. The molecule has 110 valence electrons. The molecule has 21 heavy (non-hydrogen) atoms. The van der Waals surface area contributed by atoms with Crippen molar-refractivity contribution in [3.05, 3.63) is 57.6 Å². The number of hydrogen-bond donors (Lipinski definition) is 1.